The van der Waals surface area contributed by atoms with E-state index in [-0.39, 0.29) is 31.3 Å². The van der Waals surface area contributed by atoms with Crippen molar-refractivity contribution in [2.24, 2.45) is 0 Å². The summed E-state index contributed by atoms with van der Waals surface area (Å²) in [6.07, 6.45) is 0. The summed E-state index contributed by atoms with van der Waals surface area (Å²) in [5.41, 5.74) is 1.07. The van der Waals surface area contributed by atoms with Crippen LogP contribution >= 0.6 is 9.69 Å². The van der Waals surface area contributed by atoms with Crippen LogP contribution in [0.15, 0.2) is 30.3 Å². The molecule has 1 aromatic rings. The summed E-state index contributed by atoms with van der Waals surface area (Å²) < 4.78 is 0. The molecule has 0 atom stereocenters. The maximum absolute atomic E-state index is 4.76. The van der Waals surface area contributed by atoms with Crippen molar-refractivity contribution in [2.75, 3.05) is 0 Å². The van der Waals surface area contributed by atoms with Crippen LogP contribution in [0.3, 0.4) is 0 Å². The Balaban J connectivity index is -0.000000149. The van der Waals surface area contributed by atoms with Crippen LogP contribution in [0.25, 0.3) is 0 Å². The van der Waals surface area contributed by atoms with Gasteiger partial charge in [-0.1, -0.05) is 6.07 Å². The number of hydrogen-bond acceptors (Lipinski definition) is 0. The minimum absolute atomic E-state index is 0. The molecule has 0 radical (unpaired) electrons. The van der Waals surface area contributed by atoms with Gasteiger partial charge in [-0.15, -0.1) is 12.1 Å². The van der Waals surface area contributed by atoms with Crippen LogP contribution in [0.5, 0.6) is 0 Å². The zero-order valence-electron chi connectivity index (χ0n) is 6.56. The van der Waals surface area contributed by atoms with E-state index < -0.39 is 0 Å². The van der Waals surface area contributed by atoms with E-state index in [4.69, 9.17) is 9.69 Å². The van der Waals surface area contributed by atoms with E-state index in [9.17, 15) is 0 Å². The monoisotopic (exact) mass is 232 g/mol. The molecule has 1 aromatic carbocycles. The second-order valence-corrected chi connectivity index (χ2v) is 1.49. The fourth-order valence-corrected chi connectivity index (χ4v) is 0.478. The van der Waals surface area contributed by atoms with Gasteiger partial charge in [0.15, 0.2) is 0 Å². The van der Waals surface area contributed by atoms with Gasteiger partial charge in [-0.3, -0.25) is 0 Å². The predicted molar refractivity (Wildman–Crippen MR) is 36.8 cm³/mol. The van der Waals surface area contributed by atoms with Crippen LogP contribution in [0.1, 0.15) is 5.56 Å². The van der Waals surface area contributed by atoms with Gasteiger partial charge in [0.2, 0.25) is 0 Å². The van der Waals surface area contributed by atoms with Crippen LogP contribution in [0, 0.1) is 6.92 Å². The molecule has 0 fully saturated rings. The topological polar surface area (TPSA) is 0 Å². The minimum atomic E-state index is 0. The van der Waals surface area contributed by atoms with E-state index in [1.54, 1.807) is 0 Å². The molecule has 0 nitrogen and oxygen atoms in total. The maximum atomic E-state index is 4.76. The molecule has 0 N–H and O–H groups in total. The molecular formula is C7H7Cl2LiZn. The first-order chi connectivity index (χ1) is 4.39. The summed E-state index contributed by atoms with van der Waals surface area (Å²) in [6.45, 7) is 3.72. The van der Waals surface area contributed by atoms with Crippen molar-refractivity contribution < 1.29 is 48.6 Å². The van der Waals surface area contributed by atoms with Gasteiger partial charge in [0, 0.05) is 0 Å². The Bertz CT molecular complexity index is 146. The SMILES string of the molecule is [CH2-]c1ccccc1.[Cl-].[Cl][Zn+].[Li+]. The summed E-state index contributed by atoms with van der Waals surface area (Å²) >= 11 is 0.847. The Morgan fingerprint density at radius 2 is 1.45 bits per heavy atom. The van der Waals surface area contributed by atoms with E-state index in [0.29, 0.717) is 0 Å². The third-order valence-corrected chi connectivity index (χ3v) is 0.843. The molecule has 0 saturated carbocycles. The van der Waals surface area contributed by atoms with Gasteiger partial charge in [0.1, 0.15) is 0 Å². The second-order valence-electron chi connectivity index (χ2n) is 1.49. The van der Waals surface area contributed by atoms with Crippen molar-refractivity contribution in [3.05, 3.63) is 42.8 Å². The third-order valence-electron chi connectivity index (χ3n) is 0.843. The summed E-state index contributed by atoms with van der Waals surface area (Å²) in [7, 11) is 4.76. The molecule has 52 valence electrons. The largest absolute Gasteiger partial charge is 1.00 e. The Hall–Kier alpha value is 0.891. The average Bonchev–Trinajstić information content (AvgIpc) is 1.94. The molecule has 0 heterocycles. The molecule has 0 aromatic heterocycles. The quantitative estimate of drug-likeness (QED) is 0.324. The van der Waals surface area contributed by atoms with Crippen LogP contribution in [-0.2, 0) is 17.3 Å². The fourth-order valence-electron chi connectivity index (χ4n) is 0.478. The Kier molecular flexibility index (Phi) is 21.9. The van der Waals surface area contributed by atoms with Gasteiger partial charge in [-0.25, -0.2) is 0 Å². The second kappa shape index (κ2) is 13.5. The van der Waals surface area contributed by atoms with Gasteiger partial charge < -0.3 is 12.4 Å². The Morgan fingerprint density at radius 3 is 1.64 bits per heavy atom. The summed E-state index contributed by atoms with van der Waals surface area (Å²) in [5, 5.41) is 0. The van der Waals surface area contributed by atoms with E-state index in [1.165, 1.54) is 0 Å². The van der Waals surface area contributed by atoms with Gasteiger partial charge in [0.25, 0.3) is 0 Å². The first-order valence-electron chi connectivity index (χ1n) is 2.53. The third kappa shape index (κ3) is 10.9. The molecule has 0 aliphatic carbocycles. The van der Waals surface area contributed by atoms with Crippen LogP contribution < -0.4 is 31.3 Å². The van der Waals surface area contributed by atoms with Crippen LogP contribution in [-0.4, -0.2) is 0 Å². The molecule has 0 spiro atoms. The van der Waals surface area contributed by atoms with Crippen molar-refractivity contribution in [3.63, 3.8) is 0 Å². The van der Waals surface area contributed by atoms with Crippen LogP contribution in [0.4, 0.5) is 0 Å². The van der Waals surface area contributed by atoms with E-state index >= 15 is 0 Å². The molecule has 0 aliphatic heterocycles. The molecule has 0 aliphatic rings. The fraction of sp³-hybridized carbons (Fsp3) is 0. The number of rotatable bonds is 0. The molecule has 0 amide bonds. The minimum Gasteiger partial charge on any atom is 1.00 e. The van der Waals surface area contributed by atoms with Gasteiger partial charge in [-0.05, 0) is 0 Å². The van der Waals surface area contributed by atoms with Gasteiger partial charge >= 0.3 is 45.9 Å². The molecule has 4 heteroatoms. The Morgan fingerprint density at radius 1 is 1.09 bits per heavy atom. The molecule has 0 unspecified atom stereocenters. The molecule has 11 heavy (non-hydrogen) atoms. The predicted octanol–water partition coefficient (Wildman–Crippen LogP) is -3.44. The van der Waals surface area contributed by atoms with Crippen molar-refractivity contribution in [1.82, 2.24) is 0 Å². The van der Waals surface area contributed by atoms with E-state index in [1.807, 2.05) is 30.3 Å². The van der Waals surface area contributed by atoms with Crippen molar-refractivity contribution in [1.29, 1.82) is 0 Å². The van der Waals surface area contributed by atoms with Gasteiger partial charge in [-0.2, -0.15) is 24.6 Å². The molecule has 0 bridgehead atoms. The van der Waals surface area contributed by atoms with Crippen molar-refractivity contribution >= 4 is 9.69 Å². The average molecular weight is 234 g/mol. The number of hydrogen-bond donors (Lipinski definition) is 0. The Labute approximate surface area is 100 Å². The standard InChI is InChI=1S/C7H7.2ClH.Li.Zn/c1-7-5-3-2-4-6-7;;;;/h2-6H,1H2;2*1H;;/q-1;;;+1;+2/p-2. The van der Waals surface area contributed by atoms with Crippen molar-refractivity contribution in [2.45, 2.75) is 0 Å². The molecule has 1 rings (SSSR count). The maximum Gasteiger partial charge on any atom is 1.00 e. The van der Waals surface area contributed by atoms with E-state index in [0.717, 1.165) is 22.9 Å². The van der Waals surface area contributed by atoms with Crippen LogP contribution in [0.2, 0.25) is 0 Å². The first-order valence-corrected chi connectivity index (χ1v) is 6.43. The van der Waals surface area contributed by atoms with Crippen molar-refractivity contribution in [3.8, 4) is 0 Å². The molecule has 0 saturated heterocycles. The normalized spacial score (nSPS) is 6.09. The summed E-state index contributed by atoms with van der Waals surface area (Å²) in [4.78, 5) is 0. The zero-order valence-corrected chi connectivity index (χ0v) is 11.0. The molecular weight excluding hydrogens is 227 g/mol. The number of halogens is 2. The van der Waals surface area contributed by atoms with E-state index in [2.05, 4.69) is 6.92 Å². The first kappa shape index (κ1) is 17.8. The zero-order chi connectivity index (χ0) is 7.11. The summed E-state index contributed by atoms with van der Waals surface area (Å²) in [6, 6.07) is 9.87. The van der Waals surface area contributed by atoms with Gasteiger partial charge in [0.05, 0.1) is 0 Å². The smallest absolute Gasteiger partial charge is 1.00 e. The number of benzene rings is 1. The summed E-state index contributed by atoms with van der Waals surface area (Å²) in [5.74, 6) is 0.